The summed E-state index contributed by atoms with van der Waals surface area (Å²) in [5.41, 5.74) is 0.315. The molecule has 1 aliphatic rings. The van der Waals surface area contributed by atoms with Gasteiger partial charge in [0.15, 0.2) is 0 Å². The van der Waals surface area contributed by atoms with Crippen LogP contribution in [0.5, 0.6) is 0 Å². The maximum absolute atomic E-state index is 10.9. The Balaban J connectivity index is 2.01. The summed E-state index contributed by atoms with van der Waals surface area (Å²) in [5.74, 6) is 0.735. The van der Waals surface area contributed by atoms with E-state index in [4.69, 9.17) is 5.11 Å². The van der Waals surface area contributed by atoms with E-state index in [-0.39, 0.29) is 0 Å². The second kappa shape index (κ2) is 5.85. The van der Waals surface area contributed by atoms with E-state index < -0.39 is 5.97 Å². The first-order valence-corrected chi connectivity index (χ1v) is 6.65. The Labute approximate surface area is 108 Å². The lowest BCUT2D eigenvalue weighted by Crippen LogP contribution is -2.34. The van der Waals surface area contributed by atoms with Crippen molar-refractivity contribution in [1.29, 1.82) is 0 Å². The molecule has 0 bridgehead atoms. The zero-order valence-electron chi connectivity index (χ0n) is 10.8. The molecule has 98 valence electrons. The van der Waals surface area contributed by atoms with Gasteiger partial charge in [-0.15, -0.1) is 0 Å². The Bertz CT molecular complexity index is 412. The molecular weight excluding hydrogens is 228 g/mol. The number of hydrogen-bond acceptors (Lipinski definition) is 3. The number of carbonyl (C=O) groups is 1. The Morgan fingerprint density at radius 2 is 2.22 bits per heavy atom. The number of piperidine rings is 1. The van der Waals surface area contributed by atoms with Crippen LogP contribution in [0.15, 0.2) is 18.3 Å². The largest absolute Gasteiger partial charge is 0.478 e. The van der Waals surface area contributed by atoms with E-state index >= 15 is 0 Å². The smallest absolute Gasteiger partial charge is 0.335 e. The summed E-state index contributed by atoms with van der Waals surface area (Å²) in [6.45, 7) is 4.20. The van der Waals surface area contributed by atoms with Crippen molar-refractivity contribution in [3.8, 4) is 0 Å². The van der Waals surface area contributed by atoms with Gasteiger partial charge in [0, 0.05) is 19.3 Å². The maximum atomic E-state index is 10.9. The van der Waals surface area contributed by atoms with Crippen LogP contribution in [0, 0.1) is 5.92 Å². The molecule has 0 radical (unpaired) electrons. The lowest BCUT2D eigenvalue weighted by Gasteiger charge is -2.32. The normalized spacial score (nSPS) is 16.8. The monoisotopic (exact) mass is 248 g/mol. The molecule has 0 unspecified atom stereocenters. The Kier molecular flexibility index (Phi) is 4.18. The van der Waals surface area contributed by atoms with Crippen LogP contribution in [0.3, 0.4) is 0 Å². The summed E-state index contributed by atoms with van der Waals surface area (Å²) >= 11 is 0. The second-order valence-electron chi connectivity index (χ2n) is 4.93. The number of carboxylic acids is 1. The van der Waals surface area contributed by atoms with Crippen molar-refractivity contribution in [2.45, 2.75) is 32.6 Å². The summed E-state index contributed by atoms with van der Waals surface area (Å²) < 4.78 is 0. The van der Waals surface area contributed by atoms with Gasteiger partial charge < -0.3 is 10.0 Å². The highest BCUT2D eigenvalue weighted by Gasteiger charge is 2.20. The number of nitrogens with zero attached hydrogens (tertiary/aromatic N) is 2. The fraction of sp³-hybridized carbons (Fsp3) is 0.571. The van der Waals surface area contributed by atoms with E-state index in [1.54, 1.807) is 12.3 Å². The van der Waals surface area contributed by atoms with Gasteiger partial charge in [-0.1, -0.05) is 19.8 Å². The van der Waals surface area contributed by atoms with E-state index in [1.165, 1.54) is 31.7 Å². The van der Waals surface area contributed by atoms with Crippen molar-refractivity contribution in [2.75, 3.05) is 18.0 Å². The van der Waals surface area contributed by atoms with E-state index in [1.807, 2.05) is 0 Å². The quantitative estimate of drug-likeness (QED) is 0.890. The van der Waals surface area contributed by atoms with E-state index in [2.05, 4.69) is 16.8 Å². The Morgan fingerprint density at radius 3 is 2.83 bits per heavy atom. The first kappa shape index (κ1) is 12.9. The molecule has 0 saturated carbocycles. The van der Waals surface area contributed by atoms with Crippen molar-refractivity contribution >= 4 is 11.8 Å². The van der Waals surface area contributed by atoms with Gasteiger partial charge in [0.25, 0.3) is 0 Å². The van der Waals surface area contributed by atoms with Crippen LogP contribution in [-0.2, 0) is 0 Å². The number of aromatic nitrogens is 1. The minimum absolute atomic E-state index is 0.315. The van der Waals surface area contributed by atoms with E-state index in [0.29, 0.717) is 5.56 Å². The number of rotatable bonds is 4. The molecule has 1 aliphatic heterocycles. The molecule has 2 heterocycles. The number of pyridine rings is 1. The molecule has 0 spiro atoms. The molecule has 4 nitrogen and oxygen atoms in total. The van der Waals surface area contributed by atoms with Crippen molar-refractivity contribution in [2.24, 2.45) is 5.92 Å². The highest BCUT2D eigenvalue weighted by atomic mass is 16.4. The third-order valence-corrected chi connectivity index (χ3v) is 3.63. The van der Waals surface area contributed by atoms with Gasteiger partial charge in [0.2, 0.25) is 0 Å². The SMILES string of the molecule is CCCC1CCN(c2cc(C(=O)O)ccn2)CC1. The third kappa shape index (κ3) is 3.00. The molecule has 0 aromatic carbocycles. The highest BCUT2D eigenvalue weighted by molar-refractivity contribution is 5.88. The van der Waals surface area contributed by atoms with Crippen LogP contribution in [-0.4, -0.2) is 29.1 Å². The standard InChI is InChI=1S/C14H20N2O2/c1-2-3-11-5-8-16(9-6-11)13-10-12(14(17)18)4-7-15-13/h4,7,10-11H,2-3,5-6,8-9H2,1H3,(H,17,18). The van der Waals surface area contributed by atoms with Crippen LogP contribution in [0.4, 0.5) is 5.82 Å². The average Bonchev–Trinajstić information content (AvgIpc) is 2.40. The highest BCUT2D eigenvalue weighted by Crippen LogP contribution is 2.25. The molecule has 0 amide bonds. The molecule has 0 aliphatic carbocycles. The van der Waals surface area contributed by atoms with Crippen LogP contribution >= 0.6 is 0 Å². The molecule has 1 N–H and O–H groups in total. The number of carboxylic acid groups (broad SMARTS) is 1. The van der Waals surface area contributed by atoms with Gasteiger partial charge in [-0.25, -0.2) is 9.78 Å². The predicted octanol–water partition coefficient (Wildman–Crippen LogP) is 2.80. The van der Waals surface area contributed by atoms with Crippen LogP contribution in [0.2, 0.25) is 0 Å². The zero-order chi connectivity index (χ0) is 13.0. The second-order valence-corrected chi connectivity index (χ2v) is 4.93. The van der Waals surface area contributed by atoms with Crippen molar-refractivity contribution in [3.63, 3.8) is 0 Å². The summed E-state index contributed by atoms with van der Waals surface area (Å²) in [7, 11) is 0. The molecule has 1 aromatic heterocycles. The van der Waals surface area contributed by atoms with E-state index in [0.717, 1.165) is 24.8 Å². The predicted molar refractivity (Wildman–Crippen MR) is 71.0 cm³/mol. The van der Waals surface area contributed by atoms with Gasteiger partial charge in [0.1, 0.15) is 5.82 Å². The molecule has 1 aromatic rings. The Morgan fingerprint density at radius 1 is 1.50 bits per heavy atom. The first-order valence-electron chi connectivity index (χ1n) is 6.65. The lowest BCUT2D eigenvalue weighted by molar-refractivity contribution is 0.0697. The average molecular weight is 248 g/mol. The lowest BCUT2D eigenvalue weighted by atomic mass is 9.92. The van der Waals surface area contributed by atoms with E-state index in [9.17, 15) is 4.79 Å². The third-order valence-electron chi connectivity index (χ3n) is 3.63. The maximum Gasteiger partial charge on any atom is 0.335 e. The molecule has 18 heavy (non-hydrogen) atoms. The minimum atomic E-state index is -0.889. The summed E-state index contributed by atoms with van der Waals surface area (Å²) in [4.78, 5) is 17.4. The number of aromatic carboxylic acids is 1. The first-order chi connectivity index (χ1) is 8.70. The fourth-order valence-electron chi connectivity index (χ4n) is 2.58. The van der Waals surface area contributed by atoms with Gasteiger partial charge in [-0.2, -0.15) is 0 Å². The van der Waals surface area contributed by atoms with Crippen molar-refractivity contribution in [1.82, 2.24) is 4.98 Å². The minimum Gasteiger partial charge on any atom is -0.478 e. The zero-order valence-corrected chi connectivity index (χ0v) is 10.8. The van der Waals surface area contributed by atoms with Crippen molar-refractivity contribution < 1.29 is 9.90 Å². The van der Waals surface area contributed by atoms with Crippen molar-refractivity contribution in [3.05, 3.63) is 23.9 Å². The molecule has 0 atom stereocenters. The van der Waals surface area contributed by atoms with Crippen LogP contribution < -0.4 is 4.90 Å². The molecular formula is C14H20N2O2. The molecule has 1 fully saturated rings. The fourth-order valence-corrected chi connectivity index (χ4v) is 2.58. The molecule has 4 heteroatoms. The number of hydrogen-bond donors (Lipinski definition) is 1. The molecule has 1 saturated heterocycles. The topological polar surface area (TPSA) is 53.4 Å². The van der Waals surface area contributed by atoms with Gasteiger partial charge in [-0.3, -0.25) is 0 Å². The van der Waals surface area contributed by atoms with Crippen LogP contribution in [0.25, 0.3) is 0 Å². The van der Waals surface area contributed by atoms with Gasteiger partial charge in [0.05, 0.1) is 5.56 Å². The summed E-state index contributed by atoms with van der Waals surface area (Å²) in [6.07, 6.45) is 6.50. The molecule has 2 rings (SSSR count). The number of anilines is 1. The Hall–Kier alpha value is -1.58. The van der Waals surface area contributed by atoms with Gasteiger partial charge >= 0.3 is 5.97 Å². The summed E-state index contributed by atoms with van der Waals surface area (Å²) in [5, 5.41) is 8.97. The summed E-state index contributed by atoms with van der Waals surface area (Å²) in [6, 6.07) is 3.21. The van der Waals surface area contributed by atoms with Gasteiger partial charge in [-0.05, 0) is 30.9 Å². The van der Waals surface area contributed by atoms with Crippen LogP contribution in [0.1, 0.15) is 43.0 Å².